The highest BCUT2D eigenvalue weighted by molar-refractivity contribution is 7.89. The van der Waals surface area contributed by atoms with Crippen LogP contribution in [0.3, 0.4) is 0 Å². The fourth-order valence-corrected chi connectivity index (χ4v) is 2.95. The van der Waals surface area contributed by atoms with Gasteiger partial charge in [-0.05, 0) is 31.0 Å². The molecule has 1 atom stereocenters. The van der Waals surface area contributed by atoms with Gasteiger partial charge in [-0.2, -0.15) is 4.72 Å². The Labute approximate surface area is 120 Å². The highest BCUT2D eigenvalue weighted by Gasteiger charge is 2.27. The minimum absolute atomic E-state index is 0.447. The number of aryl methyl sites for hydroxylation is 1. The van der Waals surface area contributed by atoms with E-state index in [9.17, 15) is 22.4 Å². The summed E-state index contributed by atoms with van der Waals surface area (Å²) >= 11 is 0. The van der Waals surface area contributed by atoms with Gasteiger partial charge in [0.15, 0.2) is 0 Å². The van der Waals surface area contributed by atoms with Gasteiger partial charge in [0.1, 0.15) is 16.8 Å². The summed E-state index contributed by atoms with van der Waals surface area (Å²) in [5.41, 5.74) is 0.481. The molecule has 0 saturated carbocycles. The van der Waals surface area contributed by atoms with E-state index in [2.05, 4.69) is 0 Å². The van der Waals surface area contributed by atoms with Crippen LogP contribution >= 0.6 is 0 Å². The maximum absolute atomic E-state index is 13.6. The lowest BCUT2D eigenvalue weighted by atomic mass is 10.2. The van der Waals surface area contributed by atoms with Gasteiger partial charge in [0.05, 0.1) is 0 Å². The predicted molar refractivity (Wildman–Crippen MR) is 69.8 cm³/mol. The minimum Gasteiger partial charge on any atom is -0.481 e. The van der Waals surface area contributed by atoms with E-state index in [-0.39, 0.29) is 0 Å². The number of carboxylic acids is 2. The van der Waals surface area contributed by atoms with E-state index in [0.717, 1.165) is 12.1 Å². The summed E-state index contributed by atoms with van der Waals surface area (Å²) in [6, 6.07) is 1.74. The molecule has 0 saturated heterocycles. The number of hydrogen-bond acceptors (Lipinski definition) is 4. The molecule has 0 aliphatic carbocycles. The Kier molecular flexibility index (Phi) is 5.39. The molecule has 0 bridgehead atoms. The Morgan fingerprint density at radius 3 is 2.48 bits per heavy atom. The quantitative estimate of drug-likeness (QED) is 0.681. The number of nitrogens with one attached hydrogen (secondary N) is 1. The number of aliphatic carboxylic acids is 2. The molecule has 21 heavy (non-hydrogen) atoms. The van der Waals surface area contributed by atoms with Crippen LogP contribution in [0.4, 0.5) is 4.39 Å². The fraction of sp³-hybridized carbons (Fsp3) is 0.333. The summed E-state index contributed by atoms with van der Waals surface area (Å²) in [5.74, 6) is -3.81. The Balaban J connectivity index is 3.03. The lowest BCUT2D eigenvalue weighted by Crippen LogP contribution is -2.41. The van der Waals surface area contributed by atoms with Gasteiger partial charge in [-0.3, -0.25) is 9.59 Å². The average Bonchev–Trinajstić information content (AvgIpc) is 2.36. The Morgan fingerprint density at radius 1 is 1.33 bits per heavy atom. The molecule has 7 nitrogen and oxygen atoms in total. The highest BCUT2D eigenvalue weighted by Crippen LogP contribution is 2.17. The molecule has 0 radical (unpaired) electrons. The maximum Gasteiger partial charge on any atom is 0.321 e. The third-order valence-electron chi connectivity index (χ3n) is 2.62. The molecule has 1 aromatic carbocycles. The second-order valence-corrected chi connectivity index (χ2v) is 6.06. The molecule has 0 spiro atoms. The standard InChI is InChI=1S/C12H14FNO6S/c1-7-2-3-8(13)10(6-7)21(19,20)14-9(12(17)18)4-5-11(15)16/h2-3,6,9,14H,4-5H2,1H3,(H,15,16)(H,17,18)/t9-/m0/s1. The summed E-state index contributed by atoms with van der Waals surface area (Å²) in [6.45, 7) is 1.55. The van der Waals surface area contributed by atoms with Gasteiger partial charge in [0.2, 0.25) is 10.0 Å². The first-order valence-electron chi connectivity index (χ1n) is 5.86. The third kappa shape index (κ3) is 4.80. The molecule has 0 aliphatic heterocycles. The van der Waals surface area contributed by atoms with Crippen molar-refractivity contribution < 1.29 is 32.6 Å². The molecule has 0 aliphatic rings. The van der Waals surface area contributed by atoms with Crippen LogP contribution in [0.1, 0.15) is 18.4 Å². The van der Waals surface area contributed by atoms with E-state index in [1.165, 1.54) is 6.07 Å². The molecule has 0 heterocycles. The number of rotatable bonds is 7. The van der Waals surface area contributed by atoms with Gasteiger partial charge in [-0.15, -0.1) is 0 Å². The van der Waals surface area contributed by atoms with Crippen LogP contribution in [-0.4, -0.2) is 36.6 Å². The zero-order valence-corrected chi connectivity index (χ0v) is 11.9. The van der Waals surface area contributed by atoms with Gasteiger partial charge in [-0.25, -0.2) is 12.8 Å². The number of hydrogen-bond donors (Lipinski definition) is 3. The molecule has 0 aromatic heterocycles. The smallest absolute Gasteiger partial charge is 0.321 e. The van der Waals surface area contributed by atoms with Crippen molar-refractivity contribution in [2.75, 3.05) is 0 Å². The number of carbonyl (C=O) groups is 2. The number of benzene rings is 1. The number of carboxylic acid groups (broad SMARTS) is 2. The number of halogens is 1. The van der Waals surface area contributed by atoms with Crippen LogP contribution in [-0.2, 0) is 19.6 Å². The van der Waals surface area contributed by atoms with Gasteiger partial charge in [0, 0.05) is 6.42 Å². The SMILES string of the molecule is Cc1ccc(F)c(S(=O)(=O)N[C@@H](CCC(=O)O)C(=O)O)c1. The average molecular weight is 319 g/mol. The molecular weight excluding hydrogens is 305 g/mol. The molecule has 0 unspecified atom stereocenters. The van der Waals surface area contributed by atoms with Crippen molar-refractivity contribution in [3.63, 3.8) is 0 Å². The van der Waals surface area contributed by atoms with Crippen molar-refractivity contribution in [1.82, 2.24) is 4.72 Å². The first kappa shape index (κ1) is 17.1. The zero-order valence-electron chi connectivity index (χ0n) is 11.0. The normalized spacial score (nSPS) is 12.9. The van der Waals surface area contributed by atoms with E-state index in [4.69, 9.17) is 10.2 Å². The van der Waals surface area contributed by atoms with E-state index in [0.29, 0.717) is 5.56 Å². The molecule has 3 N–H and O–H groups in total. The summed E-state index contributed by atoms with van der Waals surface area (Å²) in [6.07, 6.45) is -0.979. The van der Waals surface area contributed by atoms with Crippen LogP contribution in [0, 0.1) is 12.7 Å². The molecule has 1 rings (SSSR count). The van der Waals surface area contributed by atoms with E-state index < -0.39 is 51.6 Å². The predicted octanol–water partition coefficient (Wildman–Crippen LogP) is 0.730. The van der Waals surface area contributed by atoms with Crippen LogP contribution in [0.25, 0.3) is 0 Å². The molecular formula is C12H14FNO6S. The summed E-state index contributed by atoms with van der Waals surface area (Å²) < 4.78 is 39.4. The van der Waals surface area contributed by atoms with Crippen molar-refractivity contribution in [3.8, 4) is 0 Å². The minimum atomic E-state index is -4.40. The van der Waals surface area contributed by atoms with Crippen LogP contribution in [0.2, 0.25) is 0 Å². The van der Waals surface area contributed by atoms with Crippen LogP contribution in [0.5, 0.6) is 0 Å². The van der Waals surface area contributed by atoms with Crippen molar-refractivity contribution in [2.24, 2.45) is 0 Å². The first-order chi connectivity index (χ1) is 9.63. The van der Waals surface area contributed by atoms with Crippen molar-refractivity contribution in [2.45, 2.75) is 30.7 Å². The molecule has 0 amide bonds. The van der Waals surface area contributed by atoms with Crippen LogP contribution < -0.4 is 4.72 Å². The topological polar surface area (TPSA) is 121 Å². The largest absolute Gasteiger partial charge is 0.481 e. The van der Waals surface area contributed by atoms with E-state index in [1.54, 1.807) is 11.6 Å². The molecule has 116 valence electrons. The summed E-state index contributed by atoms with van der Waals surface area (Å²) in [5, 5.41) is 17.4. The van der Waals surface area contributed by atoms with Crippen molar-refractivity contribution in [3.05, 3.63) is 29.6 Å². The Bertz CT molecular complexity index is 658. The summed E-state index contributed by atoms with van der Waals surface area (Å²) in [4.78, 5) is 20.7. The van der Waals surface area contributed by atoms with E-state index >= 15 is 0 Å². The maximum atomic E-state index is 13.6. The van der Waals surface area contributed by atoms with Crippen LogP contribution in [0.15, 0.2) is 23.1 Å². The molecule has 1 aromatic rings. The van der Waals surface area contributed by atoms with Gasteiger partial charge < -0.3 is 10.2 Å². The van der Waals surface area contributed by atoms with Gasteiger partial charge >= 0.3 is 11.9 Å². The second-order valence-electron chi connectivity index (χ2n) is 4.38. The lowest BCUT2D eigenvalue weighted by Gasteiger charge is -2.14. The van der Waals surface area contributed by atoms with E-state index in [1.807, 2.05) is 0 Å². The molecule has 0 fully saturated rings. The molecule has 9 heteroatoms. The first-order valence-corrected chi connectivity index (χ1v) is 7.35. The van der Waals surface area contributed by atoms with Gasteiger partial charge in [-0.1, -0.05) is 6.07 Å². The fourth-order valence-electron chi connectivity index (χ4n) is 1.57. The zero-order chi connectivity index (χ0) is 16.2. The second kappa shape index (κ2) is 6.64. The third-order valence-corrected chi connectivity index (χ3v) is 4.11. The Morgan fingerprint density at radius 2 is 1.95 bits per heavy atom. The summed E-state index contributed by atoms with van der Waals surface area (Å²) in [7, 11) is -4.40. The van der Waals surface area contributed by atoms with Crippen molar-refractivity contribution in [1.29, 1.82) is 0 Å². The van der Waals surface area contributed by atoms with Crippen molar-refractivity contribution >= 4 is 22.0 Å². The van der Waals surface area contributed by atoms with Gasteiger partial charge in [0.25, 0.3) is 0 Å². The Hall–Kier alpha value is -2.00. The monoisotopic (exact) mass is 319 g/mol. The highest BCUT2D eigenvalue weighted by atomic mass is 32.2. The number of sulfonamides is 1. The lowest BCUT2D eigenvalue weighted by molar-refractivity contribution is -0.140.